The van der Waals surface area contributed by atoms with Gasteiger partial charge in [-0.2, -0.15) is 0 Å². The van der Waals surface area contributed by atoms with E-state index in [0.717, 1.165) is 36.4 Å². The molecule has 1 N–H and O–H groups in total. The standard InChI is InChI=1S/C17H23BrN4S.HI/c1-4-15-11-21-16(23-15)9-10-20-17(19-2)22(3)12-13-5-7-14(18)8-6-13;/h5-8,11H,4,9-10,12H2,1-3H3,(H,19,20);1H. The Hall–Kier alpha value is -0.670. The molecular weight excluding hydrogens is 499 g/mol. The Balaban J connectivity index is 0.00000288. The number of hydrogen-bond donors (Lipinski definition) is 1. The van der Waals surface area contributed by atoms with Gasteiger partial charge in [0.25, 0.3) is 0 Å². The maximum atomic E-state index is 4.45. The van der Waals surface area contributed by atoms with Crippen molar-refractivity contribution in [3.05, 3.63) is 50.4 Å². The van der Waals surface area contributed by atoms with E-state index in [9.17, 15) is 0 Å². The highest BCUT2D eigenvalue weighted by Gasteiger charge is 2.07. The van der Waals surface area contributed by atoms with Crippen LogP contribution < -0.4 is 5.32 Å². The first-order chi connectivity index (χ1) is 11.1. The van der Waals surface area contributed by atoms with Crippen molar-refractivity contribution in [3.8, 4) is 0 Å². The Morgan fingerprint density at radius 3 is 2.62 bits per heavy atom. The fourth-order valence-corrected chi connectivity index (χ4v) is 3.36. The molecule has 1 aromatic heterocycles. The van der Waals surface area contributed by atoms with E-state index in [1.165, 1.54) is 15.4 Å². The molecule has 0 aliphatic rings. The Morgan fingerprint density at radius 2 is 2.04 bits per heavy atom. The van der Waals surface area contributed by atoms with Crippen LogP contribution in [0.3, 0.4) is 0 Å². The van der Waals surface area contributed by atoms with Crippen LogP contribution in [0.5, 0.6) is 0 Å². The predicted octanol–water partition coefficient (Wildman–Crippen LogP) is 4.34. The van der Waals surface area contributed by atoms with Crippen LogP contribution in [0.1, 0.15) is 22.4 Å². The lowest BCUT2D eigenvalue weighted by Crippen LogP contribution is -2.39. The molecule has 1 aromatic carbocycles. The van der Waals surface area contributed by atoms with Gasteiger partial charge in [-0.15, -0.1) is 35.3 Å². The molecular formula is C17H24BrIN4S. The van der Waals surface area contributed by atoms with Gasteiger partial charge in [0.15, 0.2) is 5.96 Å². The third-order valence-corrected chi connectivity index (χ3v) is 5.21. The first-order valence-electron chi connectivity index (χ1n) is 7.72. The lowest BCUT2D eigenvalue weighted by molar-refractivity contribution is 0.477. The van der Waals surface area contributed by atoms with Crippen molar-refractivity contribution in [2.24, 2.45) is 4.99 Å². The van der Waals surface area contributed by atoms with Gasteiger partial charge in [0, 0.05) is 49.2 Å². The number of aliphatic imine (C=N–C) groups is 1. The minimum atomic E-state index is 0. The van der Waals surface area contributed by atoms with Crippen LogP contribution in [0.4, 0.5) is 0 Å². The number of aromatic nitrogens is 1. The highest BCUT2D eigenvalue weighted by atomic mass is 127. The largest absolute Gasteiger partial charge is 0.356 e. The minimum Gasteiger partial charge on any atom is -0.356 e. The number of rotatable bonds is 6. The molecule has 0 aliphatic carbocycles. The number of guanidine groups is 1. The van der Waals surface area contributed by atoms with Crippen LogP contribution in [0.2, 0.25) is 0 Å². The monoisotopic (exact) mass is 522 g/mol. The molecule has 0 bridgehead atoms. The van der Waals surface area contributed by atoms with E-state index in [-0.39, 0.29) is 24.0 Å². The fraction of sp³-hybridized carbons (Fsp3) is 0.412. The number of benzene rings is 1. The van der Waals surface area contributed by atoms with Crippen molar-refractivity contribution in [2.75, 3.05) is 20.6 Å². The molecule has 0 fully saturated rings. The van der Waals surface area contributed by atoms with Crippen LogP contribution in [0, 0.1) is 0 Å². The fourth-order valence-electron chi connectivity index (χ4n) is 2.23. The zero-order valence-corrected chi connectivity index (χ0v) is 19.0. The van der Waals surface area contributed by atoms with Gasteiger partial charge in [0.2, 0.25) is 0 Å². The topological polar surface area (TPSA) is 40.5 Å². The number of nitrogens with one attached hydrogen (secondary N) is 1. The summed E-state index contributed by atoms with van der Waals surface area (Å²) in [6.45, 7) is 3.83. The normalized spacial score (nSPS) is 11.1. The lowest BCUT2D eigenvalue weighted by atomic mass is 10.2. The molecule has 1 heterocycles. The summed E-state index contributed by atoms with van der Waals surface area (Å²) in [7, 11) is 3.87. The molecule has 24 heavy (non-hydrogen) atoms. The third kappa shape index (κ3) is 6.68. The summed E-state index contributed by atoms with van der Waals surface area (Å²) >= 11 is 5.26. The molecule has 0 spiro atoms. The van der Waals surface area contributed by atoms with Crippen molar-refractivity contribution >= 4 is 57.2 Å². The summed E-state index contributed by atoms with van der Waals surface area (Å²) < 4.78 is 1.10. The molecule has 0 aliphatic heterocycles. The Kier molecular flexibility index (Phi) is 9.84. The summed E-state index contributed by atoms with van der Waals surface area (Å²) in [4.78, 5) is 12.3. The quantitative estimate of drug-likeness (QED) is 0.348. The summed E-state index contributed by atoms with van der Waals surface area (Å²) in [6, 6.07) is 8.37. The van der Waals surface area contributed by atoms with Gasteiger partial charge in [-0.25, -0.2) is 4.98 Å². The van der Waals surface area contributed by atoms with Gasteiger partial charge in [-0.3, -0.25) is 4.99 Å². The SMILES string of the molecule is CCc1cnc(CCNC(=NC)N(C)Cc2ccc(Br)cc2)s1.I. The van der Waals surface area contributed by atoms with Gasteiger partial charge < -0.3 is 10.2 Å². The second-order valence-electron chi connectivity index (χ2n) is 5.28. The Bertz CT molecular complexity index is 642. The second kappa shape index (κ2) is 11.0. The zero-order chi connectivity index (χ0) is 16.7. The predicted molar refractivity (Wildman–Crippen MR) is 118 cm³/mol. The van der Waals surface area contributed by atoms with Crippen molar-refractivity contribution in [1.82, 2.24) is 15.2 Å². The van der Waals surface area contributed by atoms with Crippen molar-refractivity contribution in [1.29, 1.82) is 0 Å². The van der Waals surface area contributed by atoms with Gasteiger partial charge in [-0.1, -0.05) is 35.0 Å². The van der Waals surface area contributed by atoms with E-state index in [1.807, 2.05) is 13.2 Å². The van der Waals surface area contributed by atoms with Crippen LogP contribution in [-0.4, -0.2) is 36.5 Å². The van der Waals surface area contributed by atoms with Crippen molar-refractivity contribution < 1.29 is 0 Å². The molecule has 0 atom stereocenters. The maximum Gasteiger partial charge on any atom is 0.193 e. The number of thiazole rings is 1. The average molecular weight is 523 g/mol. The summed E-state index contributed by atoms with van der Waals surface area (Å²) in [6.07, 6.45) is 3.97. The van der Waals surface area contributed by atoms with Gasteiger partial charge >= 0.3 is 0 Å². The molecule has 0 saturated carbocycles. The van der Waals surface area contributed by atoms with E-state index >= 15 is 0 Å². The van der Waals surface area contributed by atoms with Crippen LogP contribution in [0.15, 0.2) is 39.9 Å². The lowest BCUT2D eigenvalue weighted by Gasteiger charge is -2.22. The van der Waals surface area contributed by atoms with E-state index in [2.05, 4.69) is 74.4 Å². The van der Waals surface area contributed by atoms with Crippen molar-refractivity contribution in [3.63, 3.8) is 0 Å². The molecule has 0 unspecified atom stereocenters. The summed E-state index contributed by atoms with van der Waals surface area (Å²) in [5, 5.41) is 4.59. The number of halogens is 2. The highest BCUT2D eigenvalue weighted by Crippen LogP contribution is 2.14. The van der Waals surface area contributed by atoms with Gasteiger partial charge in [-0.05, 0) is 24.1 Å². The third-order valence-electron chi connectivity index (χ3n) is 3.48. The molecule has 0 radical (unpaired) electrons. The highest BCUT2D eigenvalue weighted by molar-refractivity contribution is 14.0. The van der Waals surface area contributed by atoms with E-state index in [0.29, 0.717) is 0 Å². The van der Waals surface area contributed by atoms with Crippen LogP contribution >= 0.6 is 51.2 Å². The van der Waals surface area contributed by atoms with E-state index < -0.39 is 0 Å². The molecule has 0 saturated heterocycles. The smallest absolute Gasteiger partial charge is 0.193 e. The van der Waals surface area contributed by atoms with E-state index in [4.69, 9.17) is 0 Å². The Labute approximate surface area is 173 Å². The van der Waals surface area contributed by atoms with Gasteiger partial charge in [0.05, 0.1) is 5.01 Å². The molecule has 132 valence electrons. The van der Waals surface area contributed by atoms with Crippen molar-refractivity contribution in [2.45, 2.75) is 26.3 Å². The Morgan fingerprint density at radius 1 is 1.33 bits per heavy atom. The molecule has 2 aromatic rings. The average Bonchev–Trinajstić information content (AvgIpc) is 3.01. The number of aryl methyl sites for hydroxylation is 1. The molecule has 2 rings (SSSR count). The first kappa shape index (κ1) is 21.4. The summed E-state index contributed by atoms with van der Waals surface area (Å²) in [5.74, 6) is 0.903. The second-order valence-corrected chi connectivity index (χ2v) is 7.40. The minimum absolute atomic E-state index is 0. The van der Waals surface area contributed by atoms with Crippen LogP contribution in [0.25, 0.3) is 0 Å². The maximum absolute atomic E-state index is 4.45. The summed E-state index contributed by atoms with van der Waals surface area (Å²) in [5.41, 5.74) is 1.26. The molecule has 7 heteroatoms. The zero-order valence-electron chi connectivity index (χ0n) is 14.3. The number of nitrogens with zero attached hydrogens (tertiary/aromatic N) is 3. The van der Waals surface area contributed by atoms with Crippen LogP contribution in [-0.2, 0) is 19.4 Å². The first-order valence-corrected chi connectivity index (χ1v) is 9.33. The van der Waals surface area contributed by atoms with E-state index in [1.54, 1.807) is 11.3 Å². The molecule has 0 amide bonds. The number of hydrogen-bond acceptors (Lipinski definition) is 3. The van der Waals surface area contributed by atoms with Gasteiger partial charge in [0.1, 0.15) is 0 Å². The molecule has 4 nitrogen and oxygen atoms in total.